The minimum Gasteiger partial charge on any atom is -0.497 e. The molecule has 0 fully saturated rings. The van der Waals surface area contributed by atoms with Crippen LogP contribution >= 0.6 is 0 Å². The van der Waals surface area contributed by atoms with Crippen molar-refractivity contribution in [2.45, 2.75) is 11.4 Å². The van der Waals surface area contributed by atoms with Crippen LogP contribution in [0.2, 0.25) is 0 Å². The van der Waals surface area contributed by atoms with Crippen LogP contribution in [-0.2, 0) is 16.4 Å². The smallest absolute Gasteiger partial charge is 0.179 e. The van der Waals surface area contributed by atoms with Gasteiger partial charge in [-0.15, -0.1) is 0 Å². The lowest BCUT2D eigenvalue weighted by atomic mass is 10.2. The quantitative estimate of drug-likeness (QED) is 0.902. The molecule has 2 N–H and O–H groups in total. The van der Waals surface area contributed by atoms with Crippen LogP contribution in [0, 0.1) is 0 Å². The molecule has 0 saturated heterocycles. The number of aromatic nitrogens is 1. The number of nitrogens with two attached hydrogens (primary N) is 1. The summed E-state index contributed by atoms with van der Waals surface area (Å²) in [7, 11) is 0.127. The fourth-order valence-electron chi connectivity index (χ4n) is 2.06. The predicted molar refractivity (Wildman–Crippen MR) is 86.9 cm³/mol. The second kappa shape index (κ2) is 6.23. The molecule has 0 aliphatic rings. The van der Waals surface area contributed by atoms with Gasteiger partial charge in [-0.1, -0.05) is 12.1 Å². The van der Waals surface area contributed by atoms with E-state index in [4.69, 9.17) is 10.5 Å². The molecule has 2 rings (SSSR count). The Kier molecular flexibility index (Phi) is 4.56. The van der Waals surface area contributed by atoms with Crippen molar-refractivity contribution >= 4 is 21.5 Å². The standard InChI is InChI=1S/C15H19N3O3S/c1-18(10-11-4-6-12(21-2)7-5-11)14-9-8-13(15(16)17-14)22(3,19)20/h4-9H,10H2,1-3H3,(H2,16,17). The molecular formula is C15H19N3O3S. The Morgan fingerprint density at radius 3 is 2.32 bits per heavy atom. The van der Waals surface area contributed by atoms with Crippen LogP contribution in [0.15, 0.2) is 41.3 Å². The Morgan fingerprint density at radius 1 is 1.18 bits per heavy atom. The molecule has 0 spiro atoms. The summed E-state index contributed by atoms with van der Waals surface area (Å²) in [6, 6.07) is 10.8. The molecule has 7 heteroatoms. The summed E-state index contributed by atoms with van der Waals surface area (Å²) in [4.78, 5) is 6.11. The Bertz CT molecular complexity index is 758. The fourth-order valence-corrected chi connectivity index (χ4v) is 2.80. The summed E-state index contributed by atoms with van der Waals surface area (Å²) in [5, 5.41) is 0. The number of ether oxygens (including phenoxy) is 1. The largest absolute Gasteiger partial charge is 0.497 e. The number of sulfone groups is 1. The third-order valence-corrected chi connectivity index (χ3v) is 4.38. The number of nitrogen functional groups attached to an aromatic ring is 1. The Balaban J connectivity index is 2.18. The van der Waals surface area contributed by atoms with E-state index < -0.39 is 9.84 Å². The van der Waals surface area contributed by atoms with Crippen LogP contribution in [0.5, 0.6) is 5.75 Å². The van der Waals surface area contributed by atoms with E-state index in [0.717, 1.165) is 17.6 Å². The van der Waals surface area contributed by atoms with E-state index in [1.807, 2.05) is 36.2 Å². The van der Waals surface area contributed by atoms with E-state index >= 15 is 0 Å². The molecular weight excluding hydrogens is 302 g/mol. The second-order valence-electron chi connectivity index (χ2n) is 5.03. The van der Waals surface area contributed by atoms with E-state index in [1.54, 1.807) is 13.2 Å². The maximum atomic E-state index is 11.5. The maximum absolute atomic E-state index is 11.5. The maximum Gasteiger partial charge on any atom is 0.179 e. The summed E-state index contributed by atoms with van der Waals surface area (Å²) in [5.41, 5.74) is 6.82. The molecule has 0 saturated carbocycles. The monoisotopic (exact) mass is 321 g/mol. The van der Waals surface area contributed by atoms with Crippen molar-refractivity contribution in [3.05, 3.63) is 42.0 Å². The van der Waals surface area contributed by atoms with Gasteiger partial charge >= 0.3 is 0 Å². The normalized spacial score (nSPS) is 11.2. The number of rotatable bonds is 5. The minimum atomic E-state index is -3.36. The van der Waals surface area contributed by atoms with Gasteiger partial charge in [0.2, 0.25) is 0 Å². The number of benzene rings is 1. The zero-order valence-electron chi connectivity index (χ0n) is 12.8. The van der Waals surface area contributed by atoms with E-state index in [0.29, 0.717) is 12.4 Å². The minimum absolute atomic E-state index is 0.0154. The number of pyridine rings is 1. The molecule has 0 bridgehead atoms. The van der Waals surface area contributed by atoms with Gasteiger partial charge in [0.15, 0.2) is 9.84 Å². The molecule has 6 nitrogen and oxygen atoms in total. The van der Waals surface area contributed by atoms with Crippen molar-refractivity contribution < 1.29 is 13.2 Å². The Hall–Kier alpha value is -2.28. The molecule has 0 aliphatic heterocycles. The molecule has 118 valence electrons. The highest BCUT2D eigenvalue weighted by molar-refractivity contribution is 7.90. The van der Waals surface area contributed by atoms with Crippen molar-refractivity contribution in [2.75, 3.05) is 31.0 Å². The molecule has 0 atom stereocenters. The van der Waals surface area contributed by atoms with Gasteiger partial charge in [0.05, 0.1) is 7.11 Å². The summed E-state index contributed by atoms with van der Waals surface area (Å²) in [6.45, 7) is 0.620. The molecule has 1 heterocycles. The van der Waals surface area contributed by atoms with Crippen molar-refractivity contribution in [3.63, 3.8) is 0 Å². The molecule has 0 unspecified atom stereocenters. The van der Waals surface area contributed by atoms with E-state index in [2.05, 4.69) is 4.98 Å². The average Bonchev–Trinajstić information content (AvgIpc) is 2.46. The van der Waals surface area contributed by atoms with Gasteiger partial charge in [-0.25, -0.2) is 13.4 Å². The van der Waals surface area contributed by atoms with Gasteiger partial charge in [0, 0.05) is 19.8 Å². The predicted octanol–water partition coefficient (Wildman–Crippen LogP) is 1.71. The summed E-state index contributed by atoms with van der Waals surface area (Å²) < 4.78 is 28.2. The van der Waals surface area contributed by atoms with Gasteiger partial charge in [-0.3, -0.25) is 0 Å². The third kappa shape index (κ3) is 3.67. The van der Waals surface area contributed by atoms with Crippen molar-refractivity contribution in [1.82, 2.24) is 4.98 Å². The zero-order chi connectivity index (χ0) is 16.3. The first kappa shape index (κ1) is 16.1. The Labute approximate surface area is 130 Å². The highest BCUT2D eigenvalue weighted by atomic mass is 32.2. The molecule has 0 amide bonds. The first-order chi connectivity index (χ1) is 10.3. The molecule has 0 radical (unpaired) electrons. The van der Waals surface area contributed by atoms with E-state index in [1.165, 1.54) is 6.07 Å². The average molecular weight is 321 g/mol. The van der Waals surface area contributed by atoms with Crippen LogP contribution in [0.1, 0.15) is 5.56 Å². The van der Waals surface area contributed by atoms with Crippen molar-refractivity contribution in [2.24, 2.45) is 0 Å². The lowest BCUT2D eigenvalue weighted by Crippen LogP contribution is -2.18. The SMILES string of the molecule is COc1ccc(CN(C)c2ccc(S(C)(=O)=O)c(N)n2)cc1. The van der Waals surface area contributed by atoms with E-state index in [9.17, 15) is 8.42 Å². The molecule has 0 aliphatic carbocycles. The summed E-state index contributed by atoms with van der Waals surface area (Å²) in [5.74, 6) is 1.42. The van der Waals surface area contributed by atoms with Gasteiger partial charge in [0.1, 0.15) is 22.3 Å². The highest BCUT2D eigenvalue weighted by Crippen LogP contribution is 2.21. The van der Waals surface area contributed by atoms with Crippen LogP contribution in [0.25, 0.3) is 0 Å². The fraction of sp³-hybridized carbons (Fsp3) is 0.267. The molecule has 1 aromatic heterocycles. The number of anilines is 2. The van der Waals surface area contributed by atoms with Gasteiger partial charge < -0.3 is 15.4 Å². The van der Waals surface area contributed by atoms with Crippen molar-refractivity contribution in [3.8, 4) is 5.75 Å². The van der Waals surface area contributed by atoms with Crippen LogP contribution < -0.4 is 15.4 Å². The lowest BCUT2D eigenvalue weighted by molar-refractivity contribution is 0.414. The van der Waals surface area contributed by atoms with Gasteiger partial charge in [0.25, 0.3) is 0 Å². The number of methoxy groups -OCH3 is 1. The Morgan fingerprint density at radius 2 is 1.82 bits per heavy atom. The van der Waals surface area contributed by atoms with Gasteiger partial charge in [-0.2, -0.15) is 0 Å². The topological polar surface area (TPSA) is 85.5 Å². The zero-order valence-corrected chi connectivity index (χ0v) is 13.6. The first-order valence-electron chi connectivity index (χ1n) is 6.62. The molecule has 22 heavy (non-hydrogen) atoms. The van der Waals surface area contributed by atoms with Gasteiger partial charge in [-0.05, 0) is 29.8 Å². The first-order valence-corrected chi connectivity index (χ1v) is 8.51. The summed E-state index contributed by atoms with van der Waals surface area (Å²) >= 11 is 0. The highest BCUT2D eigenvalue weighted by Gasteiger charge is 2.14. The second-order valence-corrected chi connectivity index (χ2v) is 7.01. The van der Waals surface area contributed by atoms with Crippen LogP contribution in [-0.4, -0.2) is 33.8 Å². The molecule has 2 aromatic rings. The lowest BCUT2D eigenvalue weighted by Gasteiger charge is -2.19. The van der Waals surface area contributed by atoms with Crippen LogP contribution in [0.4, 0.5) is 11.6 Å². The molecule has 1 aromatic carbocycles. The number of hydrogen-bond acceptors (Lipinski definition) is 6. The van der Waals surface area contributed by atoms with Crippen molar-refractivity contribution in [1.29, 1.82) is 0 Å². The third-order valence-electron chi connectivity index (χ3n) is 3.24. The van der Waals surface area contributed by atoms with Crippen LogP contribution in [0.3, 0.4) is 0 Å². The number of hydrogen-bond donors (Lipinski definition) is 1. The number of nitrogens with zero attached hydrogens (tertiary/aromatic N) is 2. The summed E-state index contributed by atoms with van der Waals surface area (Å²) in [6.07, 6.45) is 1.11. The van der Waals surface area contributed by atoms with E-state index in [-0.39, 0.29) is 10.7 Å².